The molecule has 3 atom stereocenters. The van der Waals surface area contributed by atoms with Crippen molar-refractivity contribution in [3.63, 3.8) is 0 Å². The summed E-state index contributed by atoms with van der Waals surface area (Å²) in [6.45, 7) is 4.14. The van der Waals surface area contributed by atoms with Gasteiger partial charge in [-0.15, -0.1) is 0 Å². The van der Waals surface area contributed by atoms with Gasteiger partial charge in [0.05, 0.1) is 0 Å². The van der Waals surface area contributed by atoms with Gasteiger partial charge in [0.2, 0.25) is 5.91 Å². The van der Waals surface area contributed by atoms with Gasteiger partial charge in [0.15, 0.2) is 0 Å². The molecule has 96 valence electrons. The van der Waals surface area contributed by atoms with Crippen molar-refractivity contribution in [1.82, 2.24) is 0 Å². The van der Waals surface area contributed by atoms with Crippen molar-refractivity contribution in [3.05, 3.63) is 29.3 Å². The largest absolute Gasteiger partial charge is 0.326 e. The number of carbonyl (C=O) groups excluding carboxylic acids is 1. The maximum absolute atomic E-state index is 12.3. The second-order valence-corrected chi connectivity index (χ2v) is 6.09. The molecule has 0 aliphatic heterocycles. The summed E-state index contributed by atoms with van der Waals surface area (Å²) in [4.78, 5) is 12.3. The first-order chi connectivity index (χ1) is 8.63. The molecule has 2 saturated carbocycles. The first-order valence-corrected chi connectivity index (χ1v) is 7.01. The highest BCUT2D eigenvalue weighted by atomic mass is 16.1. The molecule has 2 aliphatic carbocycles. The molecule has 3 rings (SSSR count). The molecule has 2 nitrogen and oxygen atoms in total. The maximum Gasteiger partial charge on any atom is 0.227 e. The van der Waals surface area contributed by atoms with Crippen LogP contribution in [0.15, 0.2) is 18.2 Å². The number of hydrogen-bond donors (Lipinski definition) is 1. The number of aryl methyl sites for hydroxylation is 2. The number of anilines is 1. The minimum atomic E-state index is 0.245. The molecular weight excluding hydrogens is 222 g/mol. The predicted octanol–water partition coefficient (Wildman–Crippen LogP) is 3.68. The Morgan fingerprint density at radius 3 is 2.67 bits per heavy atom. The van der Waals surface area contributed by atoms with Gasteiger partial charge in [0.25, 0.3) is 0 Å². The predicted molar refractivity (Wildman–Crippen MR) is 73.5 cm³/mol. The number of hydrogen-bond acceptors (Lipinski definition) is 1. The van der Waals surface area contributed by atoms with Crippen molar-refractivity contribution in [2.24, 2.45) is 17.8 Å². The third kappa shape index (κ3) is 2.05. The maximum atomic E-state index is 12.3. The molecule has 0 aromatic heterocycles. The molecular formula is C16H21NO. The van der Waals surface area contributed by atoms with E-state index in [0.29, 0.717) is 5.92 Å². The zero-order valence-corrected chi connectivity index (χ0v) is 11.2. The highest BCUT2D eigenvalue weighted by Gasteiger charge is 2.43. The van der Waals surface area contributed by atoms with E-state index in [1.54, 1.807) is 0 Å². The van der Waals surface area contributed by atoms with Gasteiger partial charge < -0.3 is 5.32 Å². The van der Waals surface area contributed by atoms with Crippen LogP contribution in [0.1, 0.15) is 36.8 Å². The van der Waals surface area contributed by atoms with Crippen molar-refractivity contribution in [2.75, 3.05) is 5.32 Å². The SMILES string of the molecule is Cc1ccc(NC(=O)[C@H]2C[C@@H]3CC[C@@H]2C3)c(C)c1. The topological polar surface area (TPSA) is 29.1 Å². The number of benzene rings is 1. The monoisotopic (exact) mass is 243 g/mol. The molecule has 2 aliphatic rings. The van der Waals surface area contributed by atoms with Crippen LogP contribution in [0.5, 0.6) is 0 Å². The molecule has 0 radical (unpaired) electrons. The van der Waals surface area contributed by atoms with Gasteiger partial charge in [-0.2, -0.15) is 0 Å². The molecule has 1 N–H and O–H groups in total. The molecule has 1 aromatic carbocycles. The summed E-state index contributed by atoms with van der Waals surface area (Å²) >= 11 is 0. The van der Waals surface area contributed by atoms with E-state index < -0.39 is 0 Å². The van der Waals surface area contributed by atoms with Crippen LogP contribution in [0, 0.1) is 31.6 Å². The molecule has 2 fully saturated rings. The number of rotatable bonds is 2. The van der Waals surface area contributed by atoms with Crippen molar-refractivity contribution in [1.29, 1.82) is 0 Å². The van der Waals surface area contributed by atoms with Crippen molar-refractivity contribution in [2.45, 2.75) is 39.5 Å². The summed E-state index contributed by atoms with van der Waals surface area (Å²) in [5.74, 6) is 1.99. The number of carbonyl (C=O) groups is 1. The normalized spacial score (nSPS) is 29.6. The van der Waals surface area contributed by atoms with Crippen LogP contribution in [-0.2, 0) is 4.79 Å². The van der Waals surface area contributed by atoms with Crippen LogP contribution in [0.2, 0.25) is 0 Å². The van der Waals surface area contributed by atoms with Crippen LogP contribution in [0.4, 0.5) is 5.69 Å². The van der Waals surface area contributed by atoms with E-state index in [-0.39, 0.29) is 11.8 Å². The summed E-state index contributed by atoms with van der Waals surface area (Å²) < 4.78 is 0. The van der Waals surface area contributed by atoms with E-state index in [1.165, 1.54) is 24.8 Å². The summed E-state index contributed by atoms with van der Waals surface area (Å²) in [5.41, 5.74) is 3.38. The molecule has 2 heteroatoms. The standard InChI is InChI=1S/C16H21NO/c1-10-3-6-15(11(2)7-10)17-16(18)14-9-12-4-5-13(14)8-12/h3,6-7,12-14H,4-5,8-9H2,1-2H3,(H,17,18)/t12-,13-,14+/m1/s1. The van der Waals surface area contributed by atoms with Gasteiger partial charge in [0, 0.05) is 11.6 Å². The fourth-order valence-corrected chi connectivity index (χ4v) is 3.75. The van der Waals surface area contributed by atoms with Crippen LogP contribution >= 0.6 is 0 Å². The average molecular weight is 243 g/mol. The molecule has 1 amide bonds. The van der Waals surface area contributed by atoms with Crippen LogP contribution in [0.3, 0.4) is 0 Å². The fraction of sp³-hybridized carbons (Fsp3) is 0.562. The van der Waals surface area contributed by atoms with Crippen LogP contribution in [0.25, 0.3) is 0 Å². The Labute approximate surface area is 109 Å². The third-order valence-electron chi connectivity index (χ3n) is 4.71. The number of nitrogens with one attached hydrogen (secondary N) is 1. The second-order valence-electron chi connectivity index (χ2n) is 6.09. The minimum absolute atomic E-state index is 0.245. The smallest absolute Gasteiger partial charge is 0.227 e. The quantitative estimate of drug-likeness (QED) is 0.843. The number of amides is 1. The lowest BCUT2D eigenvalue weighted by Crippen LogP contribution is -2.27. The molecule has 18 heavy (non-hydrogen) atoms. The molecule has 0 spiro atoms. The van der Waals surface area contributed by atoms with Crippen molar-refractivity contribution in [3.8, 4) is 0 Å². The highest BCUT2D eigenvalue weighted by Crippen LogP contribution is 2.48. The molecule has 0 unspecified atom stereocenters. The third-order valence-corrected chi connectivity index (χ3v) is 4.71. The van der Waals surface area contributed by atoms with E-state index >= 15 is 0 Å². The summed E-state index contributed by atoms with van der Waals surface area (Å²) in [6.07, 6.45) is 5.00. The molecule has 1 aromatic rings. The van der Waals surface area contributed by atoms with Gasteiger partial charge in [-0.25, -0.2) is 0 Å². The van der Waals surface area contributed by atoms with E-state index in [2.05, 4.69) is 31.3 Å². The van der Waals surface area contributed by atoms with Crippen molar-refractivity contribution >= 4 is 11.6 Å². The van der Waals surface area contributed by atoms with E-state index in [0.717, 1.165) is 23.6 Å². The molecule has 0 heterocycles. The van der Waals surface area contributed by atoms with Gasteiger partial charge in [-0.05, 0) is 56.6 Å². The first kappa shape index (κ1) is 11.8. The lowest BCUT2D eigenvalue weighted by Gasteiger charge is -2.21. The highest BCUT2D eigenvalue weighted by molar-refractivity contribution is 5.93. The van der Waals surface area contributed by atoms with E-state index in [1.807, 2.05) is 6.07 Å². The Balaban J connectivity index is 1.71. The Bertz CT molecular complexity index is 480. The summed E-state index contributed by atoms with van der Waals surface area (Å²) in [7, 11) is 0. The van der Waals surface area contributed by atoms with E-state index in [9.17, 15) is 4.79 Å². The summed E-state index contributed by atoms with van der Waals surface area (Å²) in [6, 6.07) is 6.20. The van der Waals surface area contributed by atoms with Crippen LogP contribution < -0.4 is 5.32 Å². The summed E-state index contributed by atoms with van der Waals surface area (Å²) in [5, 5.41) is 3.13. The Morgan fingerprint density at radius 2 is 2.06 bits per heavy atom. The molecule has 0 saturated heterocycles. The average Bonchev–Trinajstić information content (AvgIpc) is 2.94. The van der Waals surface area contributed by atoms with Crippen molar-refractivity contribution < 1.29 is 4.79 Å². The Morgan fingerprint density at radius 1 is 1.22 bits per heavy atom. The zero-order valence-electron chi connectivity index (χ0n) is 11.2. The lowest BCUT2D eigenvalue weighted by molar-refractivity contribution is -0.121. The zero-order chi connectivity index (χ0) is 12.7. The number of fused-ring (bicyclic) bond motifs is 2. The lowest BCUT2D eigenvalue weighted by atomic mass is 9.88. The minimum Gasteiger partial charge on any atom is -0.326 e. The van der Waals surface area contributed by atoms with Gasteiger partial charge in [-0.1, -0.05) is 24.1 Å². The van der Waals surface area contributed by atoms with Crippen LogP contribution in [-0.4, -0.2) is 5.91 Å². The van der Waals surface area contributed by atoms with Gasteiger partial charge in [-0.3, -0.25) is 4.79 Å². The Kier molecular flexibility index (Phi) is 2.89. The van der Waals surface area contributed by atoms with Gasteiger partial charge in [0.1, 0.15) is 0 Å². The fourth-order valence-electron chi connectivity index (χ4n) is 3.75. The van der Waals surface area contributed by atoms with E-state index in [4.69, 9.17) is 0 Å². The van der Waals surface area contributed by atoms with Gasteiger partial charge >= 0.3 is 0 Å². The first-order valence-electron chi connectivity index (χ1n) is 7.01. The second kappa shape index (κ2) is 4.42. The molecule has 2 bridgehead atoms. The Hall–Kier alpha value is -1.31.